The molecule has 0 spiro atoms. The smallest absolute Gasteiger partial charge is 0.249 e. The van der Waals surface area contributed by atoms with E-state index in [1.807, 2.05) is 0 Å². The summed E-state index contributed by atoms with van der Waals surface area (Å²) in [5.74, 6) is -0.257. The Balaban J connectivity index is 2.82. The number of carbonyl (C=O) groups is 1. The van der Waals surface area contributed by atoms with Gasteiger partial charge in [0.1, 0.15) is 0 Å². The second-order valence-electron chi connectivity index (χ2n) is 1.85. The van der Waals surface area contributed by atoms with Crippen molar-refractivity contribution in [2.45, 2.75) is 6.23 Å². The minimum absolute atomic E-state index is 0.183. The average Bonchev–Trinajstić information content (AvgIpc) is 1.98. The zero-order chi connectivity index (χ0) is 7.02. The molecule has 1 unspecified atom stereocenters. The molecule has 1 atom stereocenters. The van der Waals surface area contributed by atoms with Crippen molar-refractivity contribution < 1.29 is 9.90 Å². The average molecular weight is 148 g/mol. The molecule has 9 heavy (non-hydrogen) atoms. The fourth-order valence-electron chi connectivity index (χ4n) is 0.600. The molecule has 0 aliphatic carbocycles. The van der Waals surface area contributed by atoms with Gasteiger partial charge < -0.3 is 10.0 Å². The lowest BCUT2D eigenvalue weighted by molar-refractivity contribution is -0.128. The highest BCUT2D eigenvalue weighted by Gasteiger charge is 2.25. The third-order valence-electron chi connectivity index (χ3n) is 1.22. The van der Waals surface area contributed by atoms with Gasteiger partial charge in [0.15, 0.2) is 6.23 Å². The monoisotopic (exact) mass is 147 g/mol. The Kier molecular flexibility index (Phi) is 1.47. The topological polar surface area (TPSA) is 40.5 Å². The van der Waals surface area contributed by atoms with Gasteiger partial charge in [0.25, 0.3) is 0 Å². The second kappa shape index (κ2) is 2.01. The van der Waals surface area contributed by atoms with Crippen LogP contribution in [0.1, 0.15) is 0 Å². The van der Waals surface area contributed by atoms with Crippen molar-refractivity contribution in [3.63, 3.8) is 0 Å². The van der Waals surface area contributed by atoms with Gasteiger partial charge in [-0.2, -0.15) is 0 Å². The summed E-state index contributed by atoms with van der Waals surface area (Å²) in [5, 5.41) is 9.12. The molecule has 1 heterocycles. The zero-order valence-corrected chi connectivity index (χ0v) is 5.59. The van der Waals surface area contributed by atoms with Crippen LogP contribution in [-0.2, 0) is 4.79 Å². The highest BCUT2D eigenvalue weighted by Crippen LogP contribution is 2.17. The van der Waals surface area contributed by atoms with Crippen LogP contribution in [0.5, 0.6) is 0 Å². The molecule has 0 fully saturated rings. The van der Waals surface area contributed by atoms with Crippen LogP contribution >= 0.6 is 11.6 Å². The first-order valence-electron chi connectivity index (χ1n) is 2.45. The van der Waals surface area contributed by atoms with Crippen LogP contribution in [0.4, 0.5) is 0 Å². The van der Waals surface area contributed by atoms with Crippen LogP contribution in [0.15, 0.2) is 11.1 Å². The third-order valence-corrected chi connectivity index (χ3v) is 1.53. The molecule has 0 saturated carbocycles. The molecule has 0 saturated heterocycles. The van der Waals surface area contributed by atoms with Crippen molar-refractivity contribution in [3.8, 4) is 0 Å². The summed E-state index contributed by atoms with van der Waals surface area (Å²) in [5.41, 5.74) is 0. The van der Waals surface area contributed by atoms with E-state index < -0.39 is 6.23 Å². The van der Waals surface area contributed by atoms with Crippen LogP contribution < -0.4 is 0 Å². The van der Waals surface area contributed by atoms with Crippen LogP contribution in [0, 0.1) is 0 Å². The lowest BCUT2D eigenvalue weighted by atomic mass is 10.5. The fraction of sp³-hybridized carbons (Fsp3) is 0.400. The van der Waals surface area contributed by atoms with E-state index >= 15 is 0 Å². The van der Waals surface area contributed by atoms with Crippen LogP contribution in [0.3, 0.4) is 0 Å². The van der Waals surface area contributed by atoms with E-state index in [0.717, 1.165) is 4.90 Å². The number of halogens is 1. The van der Waals surface area contributed by atoms with Crippen LogP contribution in [0.2, 0.25) is 0 Å². The van der Waals surface area contributed by atoms with E-state index in [1.54, 1.807) is 0 Å². The van der Waals surface area contributed by atoms with Gasteiger partial charge in [0.2, 0.25) is 5.91 Å². The molecule has 0 aromatic heterocycles. The Labute approximate surface area is 57.5 Å². The summed E-state index contributed by atoms with van der Waals surface area (Å²) in [4.78, 5) is 11.8. The molecule has 3 nitrogen and oxygen atoms in total. The van der Waals surface area contributed by atoms with Gasteiger partial charge >= 0.3 is 0 Å². The number of amides is 1. The Bertz CT molecular complexity index is 178. The van der Waals surface area contributed by atoms with Gasteiger partial charge in [-0.25, -0.2) is 0 Å². The van der Waals surface area contributed by atoms with Gasteiger partial charge in [-0.05, 0) is 0 Å². The Morgan fingerprint density at radius 1 is 1.89 bits per heavy atom. The van der Waals surface area contributed by atoms with Crippen molar-refractivity contribution in [2.75, 3.05) is 7.05 Å². The van der Waals surface area contributed by atoms with Crippen LogP contribution in [-0.4, -0.2) is 29.2 Å². The molecule has 1 aliphatic heterocycles. The lowest BCUT2D eigenvalue weighted by Gasteiger charge is -2.13. The van der Waals surface area contributed by atoms with Crippen LogP contribution in [0.25, 0.3) is 0 Å². The van der Waals surface area contributed by atoms with E-state index in [0.29, 0.717) is 0 Å². The maximum Gasteiger partial charge on any atom is 0.249 e. The highest BCUT2D eigenvalue weighted by atomic mass is 35.5. The number of hydrogen-bond acceptors (Lipinski definition) is 2. The van der Waals surface area contributed by atoms with Crippen molar-refractivity contribution in [2.24, 2.45) is 0 Å². The molecule has 1 aliphatic rings. The summed E-state index contributed by atoms with van der Waals surface area (Å²) >= 11 is 5.40. The Morgan fingerprint density at radius 3 is 2.56 bits per heavy atom. The summed E-state index contributed by atoms with van der Waals surface area (Å²) < 4.78 is 0. The lowest BCUT2D eigenvalue weighted by Crippen LogP contribution is -2.29. The summed E-state index contributed by atoms with van der Waals surface area (Å²) in [6.07, 6.45) is 0.269. The molecule has 0 aromatic carbocycles. The maximum absolute atomic E-state index is 10.6. The third kappa shape index (κ3) is 0.930. The van der Waals surface area contributed by atoms with Crippen molar-refractivity contribution in [1.82, 2.24) is 4.90 Å². The predicted molar refractivity (Wildman–Crippen MR) is 32.7 cm³/mol. The predicted octanol–water partition coefficient (Wildman–Crippen LogP) is -0.101. The van der Waals surface area contributed by atoms with Gasteiger partial charge in [0, 0.05) is 13.1 Å². The molecule has 50 valence electrons. The maximum atomic E-state index is 10.6. The van der Waals surface area contributed by atoms with E-state index in [4.69, 9.17) is 16.7 Å². The van der Waals surface area contributed by atoms with Gasteiger partial charge in [-0.1, -0.05) is 11.6 Å². The largest absolute Gasteiger partial charge is 0.368 e. The molecule has 4 heteroatoms. The summed E-state index contributed by atoms with van der Waals surface area (Å²) in [7, 11) is 1.48. The highest BCUT2D eigenvalue weighted by molar-refractivity contribution is 6.32. The number of likely N-dealkylation sites (N-methyl/N-ethyl adjacent to an activating group) is 1. The van der Waals surface area contributed by atoms with E-state index in [2.05, 4.69) is 0 Å². The molecule has 0 aromatic rings. The SMILES string of the molecule is CN1C(=O)C=C(Cl)C1O. The molecular weight excluding hydrogens is 142 g/mol. The number of hydrogen-bond donors (Lipinski definition) is 1. The van der Waals surface area contributed by atoms with Crippen molar-refractivity contribution >= 4 is 17.5 Å². The number of aliphatic hydroxyl groups is 1. The summed E-state index contributed by atoms with van der Waals surface area (Å²) in [6.45, 7) is 0. The molecule has 1 N–H and O–H groups in total. The van der Waals surface area contributed by atoms with Gasteiger partial charge in [-0.3, -0.25) is 4.79 Å². The standard InChI is InChI=1S/C5H6ClNO2/c1-7-4(8)2-3(6)5(7)9/h2,5,9H,1H3. The van der Waals surface area contributed by atoms with Crippen molar-refractivity contribution in [1.29, 1.82) is 0 Å². The minimum Gasteiger partial charge on any atom is -0.368 e. The molecule has 1 rings (SSSR count). The first-order chi connectivity index (χ1) is 4.13. The van der Waals surface area contributed by atoms with E-state index in [1.165, 1.54) is 13.1 Å². The fourth-order valence-corrected chi connectivity index (χ4v) is 0.840. The quantitative estimate of drug-likeness (QED) is 0.520. The number of nitrogens with zero attached hydrogens (tertiary/aromatic N) is 1. The van der Waals surface area contributed by atoms with E-state index in [-0.39, 0.29) is 10.9 Å². The Morgan fingerprint density at radius 2 is 2.44 bits per heavy atom. The second-order valence-corrected chi connectivity index (χ2v) is 2.29. The minimum atomic E-state index is -0.931. The van der Waals surface area contributed by atoms with Gasteiger partial charge in [-0.15, -0.1) is 0 Å². The normalized spacial score (nSPS) is 27.0. The molecule has 0 radical (unpaired) electrons. The van der Waals surface area contributed by atoms with Gasteiger partial charge in [0.05, 0.1) is 5.03 Å². The molecule has 1 amide bonds. The Hall–Kier alpha value is -0.540. The zero-order valence-electron chi connectivity index (χ0n) is 4.84. The number of aliphatic hydroxyl groups excluding tert-OH is 1. The molecular formula is C5H6ClNO2. The number of carbonyl (C=O) groups excluding carboxylic acids is 1. The summed E-state index contributed by atoms with van der Waals surface area (Å²) in [6, 6.07) is 0. The number of rotatable bonds is 0. The van der Waals surface area contributed by atoms with E-state index in [9.17, 15) is 4.79 Å². The first kappa shape index (κ1) is 6.58. The first-order valence-corrected chi connectivity index (χ1v) is 2.82. The molecule has 0 bridgehead atoms. The van der Waals surface area contributed by atoms with Crippen molar-refractivity contribution in [3.05, 3.63) is 11.1 Å².